The topological polar surface area (TPSA) is 45.1 Å². The van der Waals surface area contributed by atoms with Crippen molar-refractivity contribution < 1.29 is 5.11 Å². The van der Waals surface area contributed by atoms with Gasteiger partial charge in [-0.1, -0.05) is 18.5 Å². The molecule has 1 aromatic heterocycles. The van der Waals surface area contributed by atoms with Gasteiger partial charge in [-0.25, -0.2) is 4.98 Å². The summed E-state index contributed by atoms with van der Waals surface area (Å²) in [6.07, 6.45) is 2.41. The Morgan fingerprint density at radius 1 is 1.57 bits per heavy atom. The van der Waals surface area contributed by atoms with Crippen molar-refractivity contribution in [2.75, 3.05) is 11.9 Å². The Morgan fingerprint density at radius 2 is 2.29 bits per heavy atom. The highest BCUT2D eigenvalue weighted by Crippen LogP contribution is 2.17. The van der Waals surface area contributed by atoms with Gasteiger partial charge in [0.15, 0.2) is 0 Å². The van der Waals surface area contributed by atoms with Crippen LogP contribution in [0.5, 0.6) is 0 Å². The van der Waals surface area contributed by atoms with E-state index in [-0.39, 0.29) is 12.1 Å². The van der Waals surface area contributed by atoms with Crippen molar-refractivity contribution in [2.24, 2.45) is 0 Å². The van der Waals surface area contributed by atoms with Crippen LogP contribution in [-0.2, 0) is 0 Å². The number of hydrogen-bond acceptors (Lipinski definition) is 3. The first-order valence-electron chi connectivity index (χ1n) is 4.60. The summed E-state index contributed by atoms with van der Waals surface area (Å²) >= 11 is 5.71. The maximum Gasteiger partial charge on any atom is 0.126 e. The molecule has 78 valence electrons. The van der Waals surface area contributed by atoms with Crippen molar-refractivity contribution in [1.82, 2.24) is 4.98 Å². The third-order valence-electron chi connectivity index (χ3n) is 2.29. The van der Waals surface area contributed by atoms with E-state index in [1.165, 1.54) is 0 Å². The van der Waals surface area contributed by atoms with Crippen molar-refractivity contribution in [3.05, 3.63) is 23.4 Å². The van der Waals surface area contributed by atoms with Gasteiger partial charge in [-0.2, -0.15) is 0 Å². The Morgan fingerprint density at radius 3 is 2.71 bits per heavy atom. The summed E-state index contributed by atoms with van der Waals surface area (Å²) in [4.78, 5) is 4.11. The Kier molecular flexibility index (Phi) is 3.72. The SMILES string of the molecule is CCC(C)(CO)Nc1ccc(Cl)cn1. The Bertz CT molecular complexity index is 283. The van der Waals surface area contributed by atoms with Crippen LogP contribution in [-0.4, -0.2) is 22.2 Å². The molecule has 0 aliphatic carbocycles. The molecule has 0 aliphatic heterocycles. The fourth-order valence-corrected chi connectivity index (χ4v) is 1.11. The summed E-state index contributed by atoms with van der Waals surface area (Å²) in [5.41, 5.74) is -0.319. The van der Waals surface area contributed by atoms with Crippen LogP contribution in [0.25, 0.3) is 0 Å². The normalized spacial score (nSPS) is 14.9. The van der Waals surface area contributed by atoms with Crippen molar-refractivity contribution in [3.8, 4) is 0 Å². The largest absolute Gasteiger partial charge is 0.394 e. The first kappa shape index (κ1) is 11.3. The molecule has 4 heteroatoms. The van der Waals surface area contributed by atoms with Gasteiger partial charge < -0.3 is 10.4 Å². The molecule has 0 aliphatic rings. The summed E-state index contributed by atoms with van der Waals surface area (Å²) in [7, 11) is 0. The number of pyridine rings is 1. The number of hydrogen-bond donors (Lipinski definition) is 2. The van der Waals surface area contributed by atoms with E-state index in [9.17, 15) is 5.11 Å². The number of aromatic nitrogens is 1. The van der Waals surface area contributed by atoms with E-state index in [0.717, 1.165) is 12.2 Å². The molecule has 0 radical (unpaired) electrons. The molecule has 2 N–H and O–H groups in total. The number of nitrogens with zero attached hydrogens (tertiary/aromatic N) is 1. The average Bonchev–Trinajstić information content (AvgIpc) is 2.21. The fraction of sp³-hybridized carbons (Fsp3) is 0.500. The summed E-state index contributed by atoms with van der Waals surface area (Å²) < 4.78 is 0. The molecule has 0 saturated heterocycles. The van der Waals surface area contributed by atoms with Crippen LogP contribution in [0.1, 0.15) is 20.3 Å². The van der Waals surface area contributed by atoms with Gasteiger partial charge in [-0.05, 0) is 25.5 Å². The first-order chi connectivity index (χ1) is 6.59. The van der Waals surface area contributed by atoms with E-state index in [1.54, 1.807) is 18.3 Å². The molecule has 1 atom stereocenters. The van der Waals surface area contributed by atoms with Crippen LogP contribution in [0.15, 0.2) is 18.3 Å². The molecule has 14 heavy (non-hydrogen) atoms. The lowest BCUT2D eigenvalue weighted by Gasteiger charge is -2.27. The second-order valence-electron chi connectivity index (χ2n) is 3.56. The fourth-order valence-electron chi connectivity index (χ4n) is 0.999. The molecule has 1 heterocycles. The van der Waals surface area contributed by atoms with E-state index in [4.69, 9.17) is 11.6 Å². The molecule has 1 unspecified atom stereocenters. The number of anilines is 1. The first-order valence-corrected chi connectivity index (χ1v) is 4.98. The summed E-state index contributed by atoms with van der Waals surface area (Å²) in [5, 5.41) is 13.0. The predicted octanol–water partition coefficient (Wildman–Crippen LogP) is 2.31. The zero-order valence-corrected chi connectivity index (χ0v) is 9.17. The molecule has 0 spiro atoms. The quantitative estimate of drug-likeness (QED) is 0.809. The lowest BCUT2D eigenvalue weighted by Crippen LogP contribution is -2.38. The Labute approximate surface area is 89.1 Å². The Balaban J connectivity index is 2.72. The van der Waals surface area contributed by atoms with Crippen LogP contribution < -0.4 is 5.32 Å². The highest BCUT2D eigenvalue weighted by atomic mass is 35.5. The van der Waals surface area contributed by atoms with Crippen molar-refractivity contribution in [3.63, 3.8) is 0 Å². The summed E-state index contributed by atoms with van der Waals surface area (Å²) in [6.45, 7) is 4.04. The van der Waals surface area contributed by atoms with Crippen LogP contribution >= 0.6 is 11.6 Å². The van der Waals surface area contributed by atoms with E-state index in [2.05, 4.69) is 10.3 Å². The van der Waals surface area contributed by atoms with E-state index in [1.807, 2.05) is 13.8 Å². The Hall–Kier alpha value is -0.800. The van der Waals surface area contributed by atoms with E-state index < -0.39 is 0 Å². The molecule has 0 fully saturated rings. The highest BCUT2D eigenvalue weighted by Gasteiger charge is 2.20. The maximum atomic E-state index is 9.18. The molecule has 3 nitrogen and oxygen atoms in total. The second kappa shape index (κ2) is 4.62. The van der Waals surface area contributed by atoms with Gasteiger partial charge in [0.25, 0.3) is 0 Å². The number of aliphatic hydroxyl groups is 1. The van der Waals surface area contributed by atoms with Crippen LogP contribution in [0, 0.1) is 0 Å². The highest BCUT2D eigenvalue weighted by molar-refractivity contribution is 6.30. The lowest BCUT2D eigenvalue weighted by atomic mass is 10.0. The van der Waals surface area contributed by atoms with Crippen LogP contribution in [0.4, 0.5) is 5.82 Å². The smallest absolute Gasteiger partial charge is 0.126 e. The van der Waals surface area contributed by atoms with Gasteiger partial charge in [0.05, 0.1) is 17.2 Å². The van der Waals surface area contributed by atoms with Crippen molar-refractivity contribution in [2.45, 2.75) is 25.8 Å². The molecular weight excluding hydrogens is 200 g/mol. The minimum Gasteiger partial charge on any atom is -0.394 e. The van der Waals surface area contributed by atoms with Crippen molar-refractivity contribution >= 4 is 17.4 Å². The van der Waals surface area contributed by atoms with E-state index >= 15 is 0 Å². The monoisotopic (exact) mass is 214 g/mol. The van der Waals surface area contributed by atoms with Crippen LogP contribution in [0.3, 0.4) is 0 Å². The predicted molar refractivity (Wildman–Crippen MR) is 58.7 cm³/mol. The summed E-state index contributed by atoms with van der Waals surface area (Å²) in [5.74, 6) is 0.729. The zero-order valence-electron chi connectivity index (χ0n) is 8.42. The molecule has 1 rings (SSSR count). The molecule has 0 saturated carbocycles. The second-order valence-corrected chi connectivity index (χ2v) is 4.00. The van der Waals surface area contributed by atoms with Gasteiger partial charge in [-0.15, -0.1) is 0 Å². The minimum absolute atomic E-state index is 0.0772. The third-order valence-corrected chi connectivity index (χ3v) is 2.51. The average molecular weight is 215 g/mol. The number of rotatable bonds is 4. The molecular formula is C10H15ClN2O. The molecule has 0 bridgehead atoms. The summed E-state index contributed by atoms with van der Waals surface area (Å²) in [6, 6.07) is 3.57. The third kappa shape index (κ3) is 2.86. The van der Waals surface area contributed by atoms with E-state index in [0.29, 0.717) is 5.02 Å². The minimum atomic E-state index is -0.319. The van der Waals surface area contributed by atoms with Gasteiger partial charge >= 0.3 is 0 Å². The standard InChI is InChI=1S/C10H15ClN2O/c1-3-10(2,7-14)13-9-5-4-8(11)6-12-9/h4-6,14H,3,7H2,1-2H3,(H,12,13). The number of nitrogens with one attached hydrogen (secondary N) is 1. The van der Waals surface area contributed by atoms with Gasteiger partial charge in [0.2, 0.25) is 0 Å². The zero-order chi connectivity index (χ0) is 10.6. The maximum absolute atomic E-state index is 9.18. The molecule has 0 amide bonds. The van der Waals surface area contributed by atoms with Crippen LogP contribution in [0.2, 0.25) is 5.02 Å². The van der Waals surface area contributed by atoms with Gasteiger partial charge in [-0.3, -0.25) is 0 Å². The van der Waals surface area contributed by atoms with Crippen molar-refractivity contribution in [1.29, 1.82) is 0 Å². The van der Waals surface area contributed by atoms with Gasteiger partial charge in [0.1, 0.15) is 5.82 Å². The molecule has 1 aromatic rings. The van der Waals surface area contributed by atoms with Gasteiger partial charge in [0, 0.05) is 6.20 Å². The lowest BCUT2D eigenvalue weighted by molar-refractivity contribution is 0.218. The number of aliphatic hydroxyl groups excluding tert-OH is 1. The number of halogens is 1. The molecule has 0 aromatic carbocycles.